The number of thioether (sulfide) groups is 1. The van der Waals surface area contributed by atoms with Crippen LogP contribution < -0.4 is 16.0 Å². The normalized spacial score (nSPS) is 13.8. The Morgan fingerprint density at radius 2 is 1.70 bits per heavy atom. The summed E-state index contributed by atoms with van der Waals surface area (Å²) < 4.78 is 37.7. The van der Waals surface area contributed by atoms with Crippen molar-refractivity contribution in [2.45, 2.75) is 46.6 Å². The van der Waals surface area contributed by atoms with Gasteiger partial charge in [-0.3, -0.25) is 9.59 Å². The molecule has 0 heterocycles. The number of hydrogen-bond donors (Lipinski definition) is 3. The van der Waals surface area contributed by atoms with Gasteiger partial charge in [0.25, 0.3) is 0 Å². The van der Waals surface area contributed by atoms with E-state index in [4.69, 9.17) is 4.74 Å². The second-order valence-electron chi connectivity index (χ2n) is 7.71. The summed E-state index contributed by atoms with van der Waals surface area (Å²) in [6.07, 6.45) is 0.699. The fraction of sp³-hybridized carbons (Fsp3) is 0.833. The van der Waals surface area contributed by atoms with Gasteiger partial charge in [0.15, 0.2) is 0 Å². The van der Waals surface area contributed by atoms with Gasteiger partial charge >= 0.3 is 12.0 Å². The van der Waals surface area contributed by atoms with Crippen molar-refractivity contribution < 1.29 is 32.1 Å². The molecule has 0 spiro atoms. The lowest BCUT2D eigenvalue weighted by Crippen LogP contribution is -2.50. The molecule has 3 N–H and O–H groups in total. The van der Waals surface area contributed by atoms with Gasteiger partial charge in [-0.1, -0.05) is 20.8 Å². The zero-order valence-electron chi connectivity index (χ0n) is 18.3. The number of nitrogens with one attached hydrogen (secondary N) is 3. The van der Waals surface area contributed by atoms with Crippen LogP contribution in [0.4, 0.5) is 4.79 Å². The lowest BCUT2D eigenvalue weighted by atomic mass is 10.1. The smallest absolute Gasteiger partial charge is 0.314 e. The topological polar surface area (TPSA) is 154 Å². The van der Waals surface area contributed by atoms with Crippen LogP contribution in [0.1, 0.15) is 41.0 Å². The van der Waals surface area contributed by atoms with Gasteiger partial charge in [0.2, 0.25) is 5.91 Å². The van der Waals surface area contributed by atoms with E-state index in [1.165, 1.54) is 25.6 Å². The molecule has 0 saturated heterocycles. The summed E-state index contributed by atoms with van der Waals surface area (Å²) in [5.41, 5.74) is -1.14. The van der Waals surface area contributed by atoms with E-state index < -0.39 is 27.3 Å². The molecule has 0 aromatic carbocycles. The molecule has 0 aromatic heterocycles. The van der Waals surface area contributed by atoms with Crippen LogP contribution in [0.3, 0.4) is 0 Å². The molecule has 0 bridgehead atoms. The van der Waals surface area contributed by atoms with Crippen LogP contribution in [-0.4, -0.2) is 73.4 Å². The highest BCUT2D eigenvalue weighted by atomic mass is 32.2. The maximum Gasteiger partial charge on any atom is 0.314 e. The van der Waals surface area contributed by atoms with Gasteiger partial charge in [-0.2, -0.15) is 11.8 Å². The van der Waals surface area contributed by atoms with Crippen molar-refractivity contribution in [2.24, 2.45) is 11.8 Å². The maximum absolute atomic E-state index is 12.1. The van der Waals surface area contributed by atoms with Crippen LogP contribution in [0.15, 0.2) is 0 Å². The van der Waals surface area contributed by atoms with Crippen LogP contribution in [-0.2, 0) is 24.4 Å². The second kappa shape index (κ2) is 13.7. The summed E-state index contributed by atoms with van der Waals surface area (Å²) in [5.74, 6) is -0.806. The standard InChI is InChI=1S/C18H35N3O7S2/c1-6-13(2)16(23)28-9-7-19-17(24)20-8-10-29-11-14(3)15(22)21-18(4,5)12-30(25,26)27/h13-14H,6-12H2,1-5H3,(H,21,22)(H2,19,20,24)(H,25,26,27)/p-1. The fourth-order valence-electron chi connectivity index (χ4n) is 2.19. The summed E-state index contributed by atoms with van der Waals surface area (Å²) in [7, 11) is -4.44. The number of amides is 3. The third-order valence-corrected chi connectivity index (χ3v) is 6.30. The molecule has 0 aliphatic heterocycles. The van der Waals surface area contributed by atoms with Crippen LogP contribution >= 0.6 is 11.8 Å². The zero-order chi connectivity index (χ0) is 23.4. The molecule has 0 aliphatic rings. The molecule has 0 radical (unpaired) electrons. The quantitative estimate of drug-likeness (QED) is 0.191. The number of carbonyl (C=O) groups is 3. The lowest BCUT2D eigenvalue weighted by molar-refractivity contribution is -0.147. The number of hydrogen-bond acceptors (Lipinski definition) is 8. The van der Waals surface area contributed by atoms with Gasteiger partial charge in [-0.05, 0) is 20.3 Å². The summed E-state index contributed by atoms with van der Waals surface area (Å²) in [6, 6.07) is -0.374. The minimum atomic E-state index is -4.44. The van der Waals surface area contributed by atoms with Crippen molar-refractivity contribution >= 4 is 39.8 Å². The Labute approximate surface area is 183 Å². The van der Waals surface area contributed by atoms with E-state index in [0.29, 0.717) is 24.5 Å². The zero-order valence-corrected chi connectivity index (χ0v) is 19.9. The first-order valence-corrected chi connectivity index (χ1v) is 12.5. The van der Waals surface area contributed by atoms with Crippen LogP contribution in [0.25, 0.3) is 0 Å². The summed E-state index contributed by atoms with van der Waals surface area (Å²) in [5, 5.41) is 7.81. The number of ether oxygens (including phenoxy) is 1. The minimum Gasteiger partial charge on any atom is -0.748 e. The van der Waals surface area contributed by atoms with Crippen molar-refractivity contribution in [1.29, 1.82) is 0 Å². The molecule has 176 valence electrons. The molecule has 0 rings (SSSR count). The Hall–Kier alpha value is -1.53. The fourth-order valence-corrected chi connectivity index (χ4v) is 4.07. The van der Waals surface area contributed by atoms with Crippen LogP contribution in [0.5, 0.6) is 0 Å². The molecule has 2 unspecified atom stereocenters. The van der Waals surface area contributed by atoms with E-state index in [-0.39, 0.29) is 37.0 Å². The molecule has 2 atom stereocenters. The van der Waals surface area contributed by atoms with E-state index in [0.717, 1.165) is 0 Å². The van der Waals surface area contributed by atoms with Crippen molar-refractivity contribution in [1.82, 2.24) is 16.0 Å². The van der Waals surface area contributed by atoms with Crippen molar-refractivity contribution in [2.75, 3.05) is 37.0 Å². The third kappa shape index (κ3) is 14.5. The first-order chi connectivity index (χ1) is 13.8. The molecule has 0 saturated carbocycles. The predicted octanol–water partition coefficient (Wildman–Crippen LogP) is 0.684. The highest BCUT2D eigenvalue weighted by molar-refractivity contribution is 7.99. The van der Waals surface area contributed by atoms with E-state index in [2.05, 4.69) is 16.0 Å². The number of esters is 1. The monoisotopic (exact) mass is 468 g/mol. The Morgan fingerprint density at radius 3 is 2.27 bits per heavy atom. The van der Waals surface area contributed by atoms with Crippen molar-refractivity contribution in [3.8, 4) is 0 Å². The molecule has 0 aromatic rings. The number of rotatable bonds is 14. The van der Waals surface area contributed by atoms with Gasteiger partial charge in [0.05, 0.1) is 28.3 Å². The highest BCUT2D eigenvalue weighted by Crippen LogP contribution is 2.12. The predicted molar refractivity (Wildman–Crippen MR) is 115 cm³/mol. The van der Waals surface area contributed by atoms with Gasteiger partial charge in [0, 0.05) is 29.5 Å². The molecule has 12 heteroatoms. The number of carbonyl (C=O) groups excluding carboxylic acids is 3. The van der Waals surface area contributed by atoms with Gasteiger partial charge in [-0.15, -0.1) is 0 Å². The van der Waals surface area contributed by atoms with Crippen LogP contribution in [0.2, 0.25) is 0 Å². The first kappa shape index (κ1) is 28.5. The molecule has 30 heavy (non-hydrogen) atoms. The lowest BCUT2D eigenvalue weighted by Gasteiger charge is -2.28. The summed E-state index contributed by atoms with van der Waals surface area (Å²) in [4.78, 5) is 35.3. The van der Waals surface area contributed by atoms with Crippen LogP contribution in [0, 0.1) is 11.8 Å². The van der Waals surface area contributed by atoms with Crippen molar-refractivity contribution in [3.05, 3.63) is 0 Å². The summed E-state index contributed by atoms with van der Waals surface area (Å²) in [6.45, 7) is 9.05. The number of urea groups is 1. The Kier molecular flexibility index (Phi) is 13.0. The molecular formula is C18H34N3O7S2-. The highest BCUT2D eigenvalue weighted by Gasteiger charge is 2.25. The largest absolute Gasteiger partial charge is 0.748 e. The van der Waals surface area contributed by atoms with Gasteiger partial charge in [-0.25, -0.2) is 13.2 Å². The molecule has 0 fully saturated rings. The third-order valence-electron chi connectivity index (χ3n) is 3.99. The Bertz CT molecular complexity index is 669. The average molecular weight is 469 g/mol. The van der Waals surface area contributed by atoms with E-state index >= 15 is 0 Å². The SMILES string of the molecule is CCC(C)C(=O)OCCNC(=O)NCCSCC(C)C(=O)NC(C)(C)CS(=O)(=O)[O-]. The first-order valence-electron chi connectivity index (χ1n) is 9.79. The van der Waals surface area contributed by atoms with E-state index in [1.807, 2.05) is 6.92 Å². The van der Waals surface area contributed by atoms with Crippen molar-refractivity contribution in [3.63, 3.8) is 0 Å². The molecular weight excluding hydrogens is 434 g/mol. The Morgan fingerprint density at radius 1 is 1.10 bits per heavy atom. The average Bonchev–Trinajstić information content (AvgIpc) is 2.61. The van der Waals surface area contributed by atoms with Gasteiger partial charge in [0.1, 0.15) is 6.61 Å². The van der Waals surface area contributed by atoms with E-state index in [1.54, 1.807) is 13.8 Å². The second-order valence-corrected chi connectivity index (χ2v) is 10.3. The minimum absolute atomic E-state index is 0.113. The molecule has 3 amide bonds. The maximum atomic E-state index is 12.1. The van der Waals surface area contributed by atoms with E-state index in [9.17, 15) is 27.4 Å². The van der Waals surface area contributed by atoms with Gasteiger partial charge < -0.3 is 25.2 Å². The molecule has 0 aliphatic carbocycles. The molecule has 10 nitrogen and oxygen atoms in total. The Balaban J connectivity index is 3.92. The summed E-state index contributed by atoms with van der Waals surface area (Å²) >= 11 is 1.46.